The molecule has 2 heterocycles. The Kier molecular flexibility index (Phi) is 9.78. The number of ether oxygens (including phenoxy) is 3. The number of benzene rings is 2. The van der Waals surface area contributed by atoms with Crippen LogP contribution in [0.2, 0.25) is 0 Å². The maximum atomic E-state index is 13.2. The Balaban J connectivity index is 1.49. The summed E-state index contributed by atoms with van der Waals surface area (Å²) < 4.78 is 23.7. The summed E-state index contributed by atoms with van der Waals surface area (Å²) >= 11 is 1.58. The van der Waals surface area contributed by atoms with E-state index in [1.54, 1.807) is 39.6 Å². The second-order valence-electron chi connectivity index (χ2n) is 12.6. The molecule has 0 bridgehead atoms. The van der Waals surface area contributed by atoms with E-state index in [1.807, 2.05) is 42.7 Å². The van der Waals surface area contributed by atoms with Crippen LogP contribution in [0, 0.1) is 0 Å². The number of hydrogen-bond donors (Lipinski definition) is 2. The van der Waals surface area contributed by atoms with Gasteiger partial charge in [-0.05, 0) is 113 Å². The molecule has 1 fully saturated rings. The van der Waals surface area contributed by atoms with Crippen molar-refractivity contribution in [1.29, 1.82) is 0 Å². The van der Waals surface area contributed by atoms with Gasteiger partial charge < -0.3 is 23.9 Å². The molecule has 2 amide bonds. The van der Waals surface area contributed by atoms with Gasteiger partial charge in [-0.25, -0.2) is 10.2 Å². The summed E-state index contributed by atoms with van der Waals surface area (Å²) in [6.45, 7) is 5.33. The number of methoxy groups -OCH3 is 1. The van der Waals surface area contributed by atoms with Crippen LogP contribution in [0.3, 0.4) is 0 Å². The number of aryl methyl sites for hydroxylation is 1. The minimum Gasteiger partial charge on any atom is -0.497 e. The average Bonchev–Trinajstić information content (AvgIpc) is 3.00. The fourth-order valence-electron chi connectivity index (χ4n) is 5.94. The quantitative estimate of drug-likeness (QED) is 0.269. The Bertz CT molecular complexity index is 1550. The van der Waals surface area contributed by atoms with Gasteiger partial charge in [-0.3, -0.25) is 4.79 Å². The topological polar surface area (TPSA) is 111 Å². The van der Waals surface area contributed by atoms with E-state index in [4.69, 9.17) is 18.6 Å². The van der Waals surface area contributed by atoms with Crippen LogP contribution in [0.5, 0.6) is 11.5 Å². The van der Waals surface area contributed by atoms with E-state index in [9.17, 15) is 9.59 Å². The van der Waals surface area contributed by atoms with Crippen LogP contribution in [-0.2, 0) is 16.0 Å². The zero-order valence-corrected chi connectivity index (χ0v) is 27.1. The highest BCUT2D eigenvalue weighted by Crippen LogP contribution is 2.44. The molecule has 236 valence electrons. The van der Waals surface area contributed by atoms with Gasteiger partial charge in [0.05, 0.1) is 7.11 Å². The van der Waals surface area contributed by atoms with Gasteiger partial charge in [-0.2, -0.15) is 11.8 Å². The van der Waals surface area contributed by atoms with Gasteiger partial charge in [0.1, 0.15) is 34.3 Å². The van der Waals surface area contributed by atoms with Crippen LogP contribution in [0.15, 0.2) is 52.0 Å². The van der Waals surface area contributed by atoms with Gasteiger partial charge in [0.2, 0.25) is 5.55 Å². The summed E-state index contributed by atoms with van der Waals surface area (Å²) in [7, 11) is 1.64. The van der Waals surface area contributed by atoms with Crippen molar-refractivity contribution < 1.29 is 28.2 Å². The molecule has 1 spiro atoms. The molecule has 5 rings (SSSR count). The number of carbonyl (C=O) groups excluding carboxylic acids is 2. The van der Waals surface area contributed by atoms with E-state index < -0.39 is 23.6 Å². The van der Waals surface area contributed by atoms with Crippen LogP contribution >= 0.6 is 11.8 Å². The summed E-state index contributed by atoms with van der Waals surface area (Å²) in [4.78, 5) is 25.7. The van der Waals surface area contributed by atoms with Crippen molar-refractivity contribution in [3.63, 3.8) is 0 Å². The lowest BCUT2D eigenvalue weighted by Gasteiger charge is -2.41. The number of rotatable bonds is 8. The maximum Gasteiger partial charge on any atom is 0.408 e. The third-order valence-electron chi connectivity index (χ3n) is 8.17. The van der Waals surface area contributed by atoms with Crippen molar-refractivity contribution in [2.24, 2.45) is 5.10 Å². The van der Waals surface area contributed by atoms with E-state index in [2.05, 4.69) is 21.9 Å². The molecule has 0 saturated heterocycles. The number of carbonyl (C=O) groups is 2. The summed E-state index contributed by atoms with van der Waals surface area (Å²) in [5, 5.41) is 7.97. The highest BCUT2D eigenvalue weighted by atomic mass is 32.2. The standard InChI is InChI=1S/C34H43N3O6S/c1-33(2,3)43-32(39)35-27(14-18-44-5)31(38)37-36-30-20-25(22-9-11-24(40-4)12-10-22)26-19-23-13-17-34(15-7-6-8-16-34)42-28(23)21-29(26)41-30/h9-12,19-21,27H,6-8,13-18H2,1-5H3,(H,35,39)(H,37,38)/b36-30-/t27-/m0/s1. The lowest BCUT2D eigenvalue weighted by molar-refractivity contribution is -0.123. The van der Waals surface area contributed by atoms with Crippen LogP contribution in [-0.4, -0.2) is 48.4 Å². The van der Waals surface area contributed by atoms with Crippen molar-refractivity contribution in [2.45, 2.75) is 89.4 Å². The number of alkyl carbamates (subject to hydrolysis) is 1. The zero-order valence-electron chi connectivity index (χ0n) is 26.3. The summed E-state index contributed by atoms with van der Waals surface area (Å²) in [6, 6.07) is 12.9. The first-order chi connectivity index (χ1) is 21.1. The van der Waals surface area contributed by atoms with Crippen LogP contribution in [0.25, 0.3) is 22.1 Å². The first-order valence-corrected chi connectivity index (χ1v) is 16.7. The molecule has 1 saturated carbocycles. The fraction of sp³-hybridized carbons (Fsp3) is 0.500. The predicted molar refractivity (Wildman–Crippen MR) is 173 cm³/mol. The Labute approximate surface area is 263 Å². The van der Waals surface area contributed by atoms with E-state index in [1.165, 1.54) is 24.8 Å². The number of fused-ring (bicyclic) bond motifs is 2. The van der Waals surface area contributed by atoms with Gasteiger partial charge in [0.15, 0.2) is 0 Å². The molecule has 0 radical (unpaired) electrons. The summed E-state index contributed by atoms with van der Waals surface area (Å²) in [5.74, 6) is 1.82. The molecule has 44 heavy (non-hydrogen) atoms. The average molecular weight is 622 g/mol. The first kappa shape index (κ1) is 31.8. The molecule has 1 aromatic heterocycles. The molecule has 1 aliphatic carbocycles. The van der Waals surface area contributed by atoms with E-state index in [0.29, 0.717) is 17.8 Å². The smallest absolute Gasteiger partial charge is 0.408 e. The largest absolute Gasteiger partial charge is 0.497 e. The summed E-state index contributed by atoms with van der Waals surface area (Å²) in [5.41, 5.74) is 5.70. The molecular weight excluding hydrogens is 578 g/mol. The van der Waals surface area contributed by atoms with Crippen molar-refractivity contribution in [1.82, 2.24) is 10.7 Å². The molecular formula is C34H43N3O6S. The second kappa shape index (κ2) is 13.5. The zero-order chi connectivity index (χ0) is 31.3. The molecule has 2 aromatic carbocycles. The third-order valence-corrected chi connectivity index (χ3v) is 8.82. The normalized spacial score (nSPS) is 17.0. The van der Waals surface area contributed by atoms with Gasteiger partial charge in [0, 0.05) is 17.5 Å². The number of amides is 2. The molecule has 2 N–H and O–H groups in total. The fourth-order valence-corrected chi connectivity index (χ4v) is 6.41. The highest BCUT2D eigenvalue weighted by molar-refractivity contribution is 7.98. The van der Waals surface area contributed by atoms with Gasteiger partial charge in [0.25, 0.3) is 5.91 Å². The molecule has 1 aliphatic heterocycles. The molecule has 0 unspecified atom stereocenters. The molecule has 2 aliphatic rings. The predicted octanol–water partition coefficient (Wildman–Crippen LogP) is 6.71. The van der Waals surface area contributed by atoms with Crippen molar-refractivity contribution >= 4 is 34.7 Å². The molecule has 9 nitrogen and oxygen atoms in total. The van der Waals surface area contributed by atoms with E-state index in [-0.39, 0.29) is 11.2 Å². The SMILES string of the molecule is COc1ccc(-c2c/c(=N/NC(=O)[C@H](CCSC)NC(=O)OC(C)(C)C)oc3cc4c(cc23)CCC2(CCCCC2)O4)cc1. The first-order valence-electron chi connectivity index (χ1n) is 15.3. The third kappa shape index (κ3) is 7.70. The van der Waals surface area contributed by atoms with Crippen LogP contribution < -0.4 is 25.8 Å². The second-order valence-corrected chi connectivity index (χ2v) is 13.6. The van der Waals surface area contributed by atoms with Crippen molar-refractivity contribution in [3.8, 4) is 22.6 Å². The molecule has 10 heteroatoms. The number of nitrogens with zero attached hydrogens (tertiary/aromatic N) is 1. The molecule has 1 atom stereocenters. The summed E-state index contributed by atoms with van der Waals surface area (Å²) in [6.07, 6.45) is 9.49. The number of nitrogens with one attached hydrogen (secondary N) is 2. The van der Waals surface area contributed by atoms with Crippen molar-refractivity contribution in [3.05, 3.63) is 53.6 Å². The lowest BCUT2D eigenvalue weighted by Crippen LogP contribution is -2.47. The van der Waals surface area contributed by atoms with Gasteiger partial charge >= 0.3 is 6.09 Å². The van der Waals surface area contributed by atoms with Crippen molar-refractivity contribution in [2.75, 3.05) is 19.1 Å². The van der Waals surface area contributed by atoms with Crippen LogP contribution in [0.1, 0.15) is 71.3 Å². The Hall–Kier alpha value is -3.66. The van der Waals surface area contributed by atoms with E-state index in [0.717, 1.165) is 53.7 Å². The monoisotopic (exact) mass is 621 g/mol. The highest BCUT2D eigenvalue weighted by Gasteiger charge is 2.37. The maximum absolute atomic E-state index is 13.2. The Morgan fingerprint density at radius 1 is 1.07 bits per heavy atom. The lowest BCUT2D eigenvalue weighted by atomic mass is 9.79. The number of thioether (sulfide) groups is 1. The minimum atomic E-state index is -0.824. The number of hydrogen-bond acceptors (Lipinski definition) is 8. The minimum absolute atomic E-state index is 0.0966. The van der Waals surface area contributed by atoms with Gasteiger partial charge in [-0.15, -0.1) is 5.10 Å². The Morgan fingerprint density at radius 3 is 2.50 bits per heavy atom. The van der Waals surface area contributed by atoms with E-state index >= 15 is 0 Å². The van der Waals surface area contributed by atoms with Crippen LogP contribution in [0.4, 0.5) is 4.79 Å². The Morgan fingerprint density at radius 2 is 1.82 bits per heavy atom. The van der Waals surface area contributed by atoms with Gasteiger partial charge in [-0.1, -0.05) is 18.6 Å². The molecule has 3 aromatic rings.